The molecule has 4 aliphatic carbocycles. The lowest BCUT2D eigenvalue weighted by atomic mass is 9.35. The summed E-state index contributed by atoms with van der Waals surface area (Å²) in [5, 5.41) is 34.3. The summed E-state index contributed by atoms with van der Waals surface area (Å²) in [6.45, 7) is 18.3. The van der Waals surface area contributed by atoms with Gasteiger partial charge in [0, 0.05) is 0 Å². The summed E-state index contributed by atoms with van der Waals surface area (Å²) in [5.41, 5.74) is 0.885. The number of hydrogen-bond donors (Lipinski definition) is 3. The van der Waals surface area contributed by atoms with Crippen molar-refractivity contribution in [3.8, 4) is 0 Å². The molecule has 0 heterocycles. The molecule has 3 N–H and O–H groups in total. The second-order valence-electron chi connectivity index (χ2n) is 14.5. The number of allylic oxidation sites excluding steroid dienone is 2. The Kier molecular flexibility index (Phi) is 6.28. The molecule has 0 aromatic heterocycles. The van der Waals surface area contributed by atoms with Crippen LogP contribution in [0.3, 0.4) is 0 Å². The Labute approximate surface area is 203 Å². The summed E-state index contributed by atoms with van der Waals surface area (Å²) in [6, 6.07) is 0. The lowest BCUT2D eigenvalue weighted by Gasteiger charge is -2.70. The Hall–Kier alpha value is -0.380. The van der Waals surface area contributed by atoms with E-state index in [9.17, 15) is 15.3 Å². The average Bonchev–Trinajstić information content (AvgIpc) is 3.08. The molecule has 0 aromatic rings. The minimum atomic E-state index is -0.739. The number of fused-ring (bicyclic) bond motifs is 5. The molecule has 0 radical (unpaired) electrons. The van der Waals surface area contributed by atoms with Crippen molar-refractivity contribution in [3.63, 3.8) is 0 Å². The number of aliphatic hydroxyl groups excluding tert-OH is 2. The van der Waals surface area contributed by atoms with E-state index in [0.717, 1.165) is 44.9 Å². The van der Waals surface area contributed by atoms with Gasteiger partial charge in [-0.2, -0.15) is 0 Å². The fraction of sp³-hybridized carbons (Fsp3) is 0.933. The molecule has 0 unspecified atom stereocenters. The highest BCUT2D eigenvalue weighted by atomic mass is 16.3. The zero-order valence-corrected chi connectivity index (χ0v) is 22.7. The first-order chi connectivity index (χ1) is 15.1. The maximum absolute atomic E-state index is 11.8. The predicted octanol–water partition coefficient (Wildman–Crippen LogP) is 6.50. The van der Waals surface area contributed by atoms with E-state index < -0.39 is 5.60 Å². The van der Waals surface area contributed by atoms with Crippen molar-refractivity contribution in [2.75, 3.05) is 0 Å². The molecule has 4 fully saturated rings. The van der Waals surface area contributed by atoms with Crippen LogP contribution in [0.4, 0.5) is 0 Å². The van der Waals surface area contributed by atoms with Crippen LogP contribution in [0.5, 0.6) is 0 Å². The smallest absolute Gasteiger partial charge is 0.0654 e. The van der Waals surface area contributed by atoms with Gasteiger partial charge in [0.15, 0.2) is 0 Å². The molecule has 0 aromatic carbocycles. The van der Waals surface area contributed by atoms with Gasteiger partial charge in [-0.05, 0) is 124 Å². The standard InChI is InChI=1S/C30H52O3/c1-19(2)10-9-14-30(8,33)20-11-16-29(7)25(20)21(31)18-23-27(5)15-13-24(32)26(3,4)22(27)12-17-28(23,29)6/h10,20-25,31-33H,9,11-18H2,1-8H3/t20-,21+,22-,23+,24-,25-,27-,28-,29+,30-/m0/s1. The molecule has 190 valence electrons. The van der Waals surface area contributed by atoms with Crippen LogP contribution in [-0.4, -0.2) is 33.1 Å². The van der Waals surface area contributed by atoms with Gasteiger partial charge in [0.1, 0.15) is 0 Å². The molecule has 0 aliphatic heterocycles. The summed E-state index contributed by atoms with van der Waals surface area (Å²) in [7, 11) is 0. The first-order valence-corrected chi connectivity index (χ1v) is 13.8. The first kappa shape index (κ1) is 25.7. The summed E-state index contributed by atoms with van der Waals surface area (Å²) in [6.07, 6.45) is 10.6. The van der Waals surface area contributed by atoms with E-state index in [1.54, 1.807) is 0 Å². The van der Waals surface area contributed by atoms with Gasteiger partial charge in [-0.15, -0.1) is 0 Å². The first-order valence-electron chi connectivity index (χ1n) is 13.8. The Balaban J connectivity index is 1.66. The van der Waals surface area contributed by atoms with Crippen LogP contribution in [0.1, 0.15) is 113 Å². The van der Waals surface area contributed by atoms with E-state index in [1.165, 1.54) is 18.4 Å². The van der Waals surface area contributed by atoms with Crippen molar-refractivity contribution in [2.45, 2.75) is 131 Å². The monoisotopic (exact) mass is 460 g/mol. The van der Waals surface area contributed by atoms with Gasteiger partial charge in [0.2, 0.25) is 0 Å². The molecule has 33 heavy (non-hydrogen) atoms. The SMILES string of the molecule is CC(C)=CCC[C@](C)(O)[C@H]1CC[C@]2(C)[C@@H]1[C@H](O)C[C@@H]1[C@@]3(C)CC[C@H](O)C(C)(C)[C@@H]3CC[C@@]12C. The van der Waals surface area contributed by atoms with E-state index in [1.807, 2.05) is 6.92 Å². The largest absolute Gasteiger partial charge is 0.393 e. The lowest BCUT2D eigenvalue weighted by Crippen LogP contribution is -2.66. The number of rotatable bonds is 4. The summed E-state index contributed by atoms with van der Waals surface area (Å²) >= 11 is 0. The molecular weight excluding hydrogens is 408 g/mol. The van der Waals surface area contributed by atoms with E-state index in [2.05, 4.69) is 54.5 Å². The zero-order valence-electron chi connectivity index (χ0n) is 22.7. The molecule has 4 aliphatic rings. The van der Waals surface area contributed by atoms with Crippen LogP contribution < -0.4 is 0 Å². The lowest BCUT2D eigenvalue weighted by molar-refractivity contribution is -0.246. The molecule has 3 heteroatoms. The van der Waals surface area contributed by atoms with Crippen molar-refractivity contribution in [3.05, 3.63) is 11.6 Å². The van der Waals surface area contributed by atoms with Crippen molar-refractivity contribution in [1.82, 2.24) is 0 Å². The highest BCUT2D eigenvalue weighted by Gasteiger charge is 2.71. The van der Waals surface area contributed by atoms with Gasteiger partial charge < -0.3 is 15.3 Å². The van der Waals surface area contributed by atoms with Gasteiger partial charge in [-0.1, -0.05) is 46.3 Å². The van der Waals surface area contributed by atoms with Crippen LogP contribution in [0.25, 0.3) is 0 Å². The highest BCUT2D eigenvalue weighted by Crippen LogP contribution is 2.75. The summed E-state index contributed by atoms with van der Waals surface area (Å²) < 4.78 is 0. The third kappa shape index (κ3) is 3.61. The molecule has 0 saturated heterocycles. The summed E-state index contributed by atoms with van der Waals surface area (Å²) in [5.74, 6) is 1.31. The van der Waals surface area contributed by atoms with Crippen LogP contribution in [-0.2, 0) is 0 Å². The van der Waals surface area contributed by atoms with Gasteiger partial charge in [-0.25, -0.2) is 0 Å². The highest BCUT2D eigenvalue weighted by molar-refractivity contribution is 5.20. The molecule has 10 atom stereocenters. The maximum Gasteiger partial charge on any atom is 0.0654 e. The molecule has 0 bridgehead atoms. The average molecular weight is 461 g/mol. The molecule has 0 spiro atoms. The molecule has 4 rings (SSSR count). The molecule has 0 amide bonds. The Bertz CT molecular complexity index is 779. The quantitative estimate of drug-likeness (QED) is 0.420. The minimum absolute atomic E-state index is 0.0503. The Morgan fingerprint density at radius 2 is 1.55 bits per heavy atom. The van der Waals surface area contributed by atoms with Crippen molar-refractivity contribution in [1.29, 1.82) is 0 Å². The van der Waals surface area contributed by atoms with E-state index in [-0.39, 0.29) is 45.7 Å². The van der Waals surface area contributed by atoms with Crippen LogP contribution in [0.2, 0.25) is 0 Å². The third-order valence-electron chi connectivity index (χ3n) is 12.4. The second kappa shape index (κ2) is 8.07. The van der Waals surface area contributed by atoms with Crippen LogP contribution >= 0.6 is 0 Å². The normalized spacial score (nSPS) is 50.5. The molecule has 3 nitrogen and oxygen atoms in total. The van der Waals surface area contributed by atoms with Gasteiger partial charge in [-0.3, -0.25) is 0 Å². The zero-order chi connectivity index (χ0) is 24.6. The summed E-state index contributed by atoms with van der Waals surface area (Å²) in [4.78, 5) is 0. The van der Waals surface area contributed by atoms with Gasteiger partial charge >= 0.3 is 0 Å². The Morgan fingerprint density at radius 1 is 0.909 bits per heavy atom. The van der Waals surface area contributed by atoms with Gasteiger partial charge in [0.05, 0.1) is 17.8 Å². The molecule has 4 saturated carbocycles. The fourth-order valence-corrected chi connectivity index (χ4v) is 10.3. The number of hydrogen-bond acceptors (Lipinski definition) is 3. The third-order valence-corrected chi connectivity index (χ3v) is 12.4. The van der Waals surface area contributed by atoms with Crippen molar-refractivity contribution < 1.29 is 15.3 Å². The Morgan fingerprint density at radius 3 is 2.18 bits per heavy atom. The molecular formula is C30H52O3. The second-order valence-corrected chi connectivity index (χ2v) is 14.5. The fourth-order valence-electron chi connectivity index (χ4n) is 10.3. The maximum atomic E-state index is 11.8. The predicted molar refractivity (Wildman–Crippen MR) is 136 cm³/mol. The van der Waals surface area contributed by atoms with E-state index in [4.69, 9.17) is 0 Å². The topological polar surface area (TPSA) is 60.7 Å². The number of aliphatic hydroxyl groups is 3. The minimum Gasteiger partial charge on any atom is -0.393 e. The van der Waals surface area contributed by atoms with Crippen molar-refractivity contribution in [2.24, 2.45) is 45.3 Å². The van der Waals surface area contributed by atoms with Crippen LogP contribution in [0.15, 0.2) is 11.6 Å². The van der Waals surface area contributed by atoms with E-state index >= 15 is 0 Å². The van der Waals surface area contributed by atoms with Crippen molar-refractivity contribution >= 4 is 0 Å². The van der Waals surface area contributed by atoms with Crippen LogP contribution in [0, 0.1) is 45.3 Å². The van der Waals surface area contributed by atoms with E-state index in [0.29, 0.717) is 11.8 Å². The van der Waals surface area contributed by atoms with Gasteiger partial charge in [0.25, 0.3) is 0 Å².